The molecule has 1 amide bonds. The summed E-state index contributed by atoms with van der Waals surface area (Å²) in [5.41, 5.74) is 5.62. The quantitative estimate of drug-likeness (QED) is 0.697. The van der Waals surface area contributed by atoms with Crippen molar-refractivity contribution in [3.05, 3.63) is 64.8 Å². The highest BCUT2D eigenvalue weighted by atomic mass is 35.5. The summed E-state index contributed by atoms with van der Waals surface area (Å²) in [6, 6.07) is 7.24. The summed E-state index contributed by atoms with van der Waals surface area (Å²) in [4.78, 5) is 19.7. The Kier molecular flexibility index (Phi) is 5.00. The third-order valence-electron chi connectivity index (χ3n) is 3.86. The van der Waals surface area contributed by atoms with Gasteiger partial charge in [0.25, 0.3) is 0 Å². The molecule has 0 saturated carbocycles. The van der Waals surface area contributed by atoms with Gasteiger partial charge in [0.15, 0.2) is 0 Å². The molecule has 0 fully saturated rings. The van der Waals surface area contributed by atoms with Crippen LogP contribution in [0.25, 0.3) is 11.3 Å². The number of pyridine rings is 1. The number of hydrogen-bond donors (Lipinski definition) is 2. The molecule has 0 saturated heterocycles. The van der Waals surface area contributed by atoms with Gasteiger partial charge in [0.1, 0.15) is 11.5 Å². The lowest BCUT2D eigenvalue weighted by molar-refractivity contribution is 0.100. The number of halogens is 2. The smallest absolute Gasteiger partial charge is 0.248 e. The van der Waals surface area contributed by atoms with Crippen LogP contribution in [0.5, 0.6) is 0 Å². The van der Waals surface area contributed by atoms with Crippen LogP contribution in [0.1, 0.15) is 29.9 Å². The van der Waals surface area contributed by atoms with Crippen molar-refractivity contribution in [2.24, 2.45) is 5.73 Å². The van der Waals surface area contributed by atoms with Crippen LogP contribution in [0, 0.1) is 5.82 Å². The zero-order valence-corrected chi connectivity index (χ0v) is 15.3. The van der Waals surface area contributed by atoms with E-state index in [0.717, 1.165) is 6.07 Å². The molecular formula is C18H16ClFN6O. The molecule has 0 spiro atoms. The van der Waals surface area contributed by atoms with Crippen LogP contribution < -0.4 is 11.1 Å². The second-order valence-electron chi connectivity index (χ2n) is 6.31. The monoisotopic (exact) mass is 386 g/mol. The third-order valence-corrected chi connectivity index (χ3v) is 4.17. The zero-order chi connectivity index (χ0) is 19.6. The van der Waals surface area contributed by atoms with E-state index in [0.29, 0.717) is 10.7 Å². The van der Waals surface area contributed by atoms with Crippen LogP contribution in [-0.2, 0) is 5.54 Å². The summed E-state index contributed by atoms with van der Waals surface area (Å²) in [5, 5.41) is 11.6. The van der Waals surface area contributed by atoms with Crippen LogP contribution in [0.15, 0.2) is 42.7 Å². The number of amides is 1. The molecule has 138 valence electrons. The fraction of sp³-hybridized carbons (Fsp3) is 0.167. The first kappa shape index (κ1) is 18.7. The van der Waals surface area contributed by atoms with Crippen molar-refractivity contribution in [3.8, 4) is 11.3 Å². The normalized spacial score (nSPS) is 11.3. The number of nitrogens with zero attached hydrogens (tertiary/aromatic N) is 4. The molecule has 3 aromatic rings. The molecule has 0 bridgehead atoms. The predicted octanol–water partition coefficient (Wildman–Crippen LogP) is 3.17. The summed E-state index contributed by atoms with van der Waals surface area (Å²) < 4.78 is 14.1. The van der Waals surface area contributed by atoms with Gasteiger partial charge in [-0.15, -0.1) is 10.2 Å². The van der Waals surface area contributed by atoms with E-state index in [2.05, 4.69) is 25.5 Å². The molecule has 9 heteroatoms. The van der Waals surface area contributed by atoms with Gasteiger partial charge in [0.2, 0.25) is 11.9 Å². The Morgan fingerprint density at radius 2 is 2.00 bits per heavy atom. The number of rotatable bonds is 5. The highest BCUT2D eigenvalue weighted by Gasteiger charge is 2.25. The largest absolute Gasteiger partial charge is 0.366 e. The lowest BCUT2D eigenvalue weighted by Crippen LogP contribution is -2.30. The van der Waals surface area contributed by atoms with Crippen molar-refractivity contribution in [2.75, 3.05) is 5.32 Å². The summed E-state index contributed by atoms with van der Waals surface area (Å²) in [5.74, 6) is -1.00. The molecule has 27 heavy (non-hydrogen) atoms. The highest BCUT2D eigenvalue weighted by molar-refractivity contribution is 6.31. The summed E-state index contributed by atoms with van der Waals surface area (Å²) in [6.07, 6.45) is 3.00. The number of carbonyl (C=O) groups excluding carboxylic acids is 1. The maximum Gasteiger partial charge on any atom is 0.248 e. The number of hydrogen-bond acceptors (Lipinski definition) is 6. The third kappa shape index (κ3) is 4.01. The molecule has 2 heterocycles. The summed E-state index contributed by atoms with van der Waals surface area (Å²) in [7, 11) is 0. The van der Waals surface area contributed by atoms with Gasteiger partial charge in [-0.1, -0.05) is 11.6 Å². The molecule has 0 unspecified atom stereocenters. The minimum Gasteiger partial charge on any atom is -0.366 e. The molecule has 0 radical (unpaired) electrons. The van der Waals surface area contributed by atoms with E-state index in [9.17, 15) is 9.18 Å². The fourth-order valence-corrected chi connectivity index (χ4v) is 2.87. The number of benzene rings is 1. The van der Waals surface area contributed by atoms with Crippen molar-refractivity contribution >= 4 is 23.5 Å². The van der Waals surface area contributed by atoms with Crippen LogP contribution in [-0.4, -0.2) is 26.1 Å². The molecular weight excluding hydrogens is 371 g/mol. The summed E-state index contributed by atoms with van der Waals surface area (Å²) >= 11 is 6.20. The standard InChI is InChI=1S/C18H16ClFN6O/c1-18(2,15-12(19)4-3-7-22-15)24-17-23-9-14(25-26-17)11-8-10(16(21)27)5-6-13(11)20/h3-9H,1-2H3,(H2,21,27)(H,23,24,26). The van der Waals surface area contributed by atoms with Crippen LogP contribution in [0.3, 0.4) is 0 Å². The van der Waals surface area contributed by atoms with Crippen molar-refractivity contribution in [2.45, 2.75) is 19.4 Å². The van der Waals surface area contributed by atoms with E-state index in [1.54, 1.807) is 18.3 Å². The van der Waals surface area contributed by atoms with Crippen molar-refractivity contribution in [1.82, 2.24) is 20.2 Å². The lowest BCUT2D eigenvalue weighted by Gasteiger charge is -2.26. The Labute approximate surface area is 159 Å². The Balaban J connectivity index is 1.87. The Morgan fingerprint density at radius 3 is 2.63 bits per heavy atom. The number of aromatic nitrogens is 4. The molecule has 1 aromatic carbocycles. The Morgan fingerprint density at radius 1 is 1.22 bits per heavy atom. The highest BCUT2D eigenvalue weighted by Crippen LogP contribution is 2.28. The second-order valence-corrected chi connectivity index (χ2v) is 6.72. The lowest BCUT2D eigenvalue weighted by atomic mass is 10.00. The van der Waals surface area contributed by atoms with E-state index >= 15 is 0 Å². The van der Waals surface area contributed by atoms with Gasteiger partial charge in [-0.2, -0.15) is 0 Å². The van der Waals surface area contributed by atoms with Crippen LogP contribution in [0.4, 0.5) is 10.3 Å². The molecule has 7 nitrogen and oxygen atoms in total. The number of nitrogens with two attached hydrogens (primary N) is 1. The Hall–Kier alpha value is -3.13. The minimum absolute atomic E-state index is 0.0879. The average Bonchev–Trinajstić information content (AvgIpc) is 2.62. The second kappa shape index (κ2) is 7.24. The van der Waals surface area contributed by atoms with Crippen molar-refractivity contribution in [3.63, 3.8) is 0 Å². The molecule has 0 aliphatic heterocycles. The van der Waals surface area contributed by atoms with Crippen LogP contribution in [0.2, 0.25) is 5.02 Å². The van der Waals surface area contributed by atoms with E-state index in [4.69, 9.17) is 17.3 Å². The van der Waals surface area contributed by atoms with Gasteiger partial charge in [-0.05, 0) is 44.2 Å². The van der Waals surface area contributed by atoms with E-state index in [-0.39, 0.29) is 22.8 Å². The summed E-state index contributed by atoms with van der Waals surface area (Å²) in [6.45, 7) is 3.74. The zero-order valence-electron chi connectivity index (χ0n) is 14.6. The van der Waals surface area contributed by atoms with Crippen molar-refractivity contribution < 1.29 is 9.18 Å². The van der Waals surface area contributed by atoms with Gasteiger partial charge in [-0.3, -0.25) is 9.78 Å². The first-order valence-corrected chi connectivity index (χ1v) is 8.34. The molecule has 0 aliphatic rings. The van der Waals surface area contributed by atoms with Gasteiger partial charge < -0.3 is 11.1 Å². The number of anilines is 1. The van der Waals surface area contributed by atoms with Gasteiger partial charge in [0, 0.05) is 17.3 Å². The minimum atomic E-state index is -0.668. The van der Waals surface area contributed by atoms with Gasteiger partial charge >= 0.3 is 0 Å². The maximum absolute atomic E-state index is 14.1. The average molecular weight is 387 g/mol. The number of nitrogens with one attached hydrogen (secondary N) is 1. The SMILES string of the molecule is CC(C)(Nc1ncc(-c2cc(C(N)=O)ccc2F)nn1)c1ncccc1Cl. The van der Waals surface area contributed by atoms with Gasteiger partial charge in [-0.25, -0.2) is 9.37 Å². The first-order valence-electron chi connectivity index (χ1n) is 7.96. The molecule has 2 aromatic heterocycles. The van der Waals surface area contributed by atoms with E-state index < -0.39 is 17.3 Å². The van der Waals surface area contributed by atoms with Gasteiger partial charge in [0.05, 0.1) is 22.5 Å². The fourth-order valence-electron chi connectivity index (χ4n) is 2.51. The molecule has 0 aliphatic carbocycles. The number of carbonyl (C=O) groups is 1. The predicted molar refractivity (Wildman–Crippen MR) is 99.6 cm³/mol. The van der Waals surface area contributed by atoms with Crippen LogP contribution >= 0.6 is 11.6 Å². The number of primary amides is 1. The first-order chi connectivity index (χ1) is 12.8. The van der Waals surface area contributed by atoms with E-state index in [1.165, 1.54) is 18.3 Å². The van der Waals surface area contributed by atoms with E-state index in [1.807, 2.05) is 13.8 Å². The molecule has 3 N–H and O–H groups in total. The van der Waals surface area contributed by atoms with Crippen molar-refractivity contribution in [1.29, 1.82) is 0 Å². The topological polar surface area (TPSA) is 107 Å². The Bertz CT molecular complexity index is 993. The molecule has 3 rings (SSSR count). The maximum atomic E-state index is 14.1. The molecule has 0 atom stereocenters.